The van der Waals surface area contributed by atoms with Crippen LogP contribution in [0.5, 0.6) is 0 Å². The summed E-state index contributed by atoms with van der Waals surface area (Å²) in [5.41, 5.74) is 4.53. The molecule has 1 N–H and O–H groups in total. The van der Waals surface area contributed by atoms with E-state index in [4.69, 9.17) is 0 Å². The summed E-state index contributed by atoms with van der Waals surface area (Å²) in [6.45, 7) is 3.72. The molecule has 0 aromatic heterocycles. The number of rotatable bonds is 3. The van der Waals surface area contributed by atoms with E-state index in [-0.39, 0.29) is 0 Å². The van der Waals surface area contributed by atoms with E-state index < -0.39 is 6.10 Å². The molecule has 1 atom stereocenters. The molecule has 0 aliphatic rings. The van der Waals surface area contributed by atoms with E-state index in [1.54, 1.807) is 6.92 Å². The van der Waals surface area contributed by atoms with Crippen molar-refractivity contribution in [2.24, 2.45) is 0 Å². The molecule has 0 amide bonds. The second kappa shape index (κ2) is 5.65. The number of aliphatic hydroxyl groups is 1. The molecule has 0 radical (unpaired) electrons. The van der Waals surface area contributed by atoms with Gasteiger partial charge in [-0.2, -0.15) is 0 Å². The van der Waals surface area contributed by atoms with Crippen molar-refractivity contribution in [1.82, 2.24) is 0 Å². The highest BCUT2D eigenvalue weighted by molar-refractivity contribution is 5.66. The van der Waals surface area contributed by atoms with Gasteiger partial charge in [0.1, 0.15) is 0 Å². The van der Waals surface area contributed by atoms with Crippen LogP contribution in [-0.2, 0) is 0 Å². The zero-order chi connectivity index (χ0) is 13.0. The Hall–Kier alpha value is -1.86. The first-order valence-corrected chi connectivity index (χ1v) is 6.18. The van der Waals surface area contributed by atoms with Crippen molar-refractivity contribution in [2.75, 3.05) is 0 Å². The van der Waals surface area contributed by atoms with E-state index in [9.17, 15) is 5.11 Å². The quantitative estimate of drug-likeness (QED) is 0.852. The lowest BCUT2D eigenvalue weighted by atomic mass is 10.0. The van der Waals surface area contributed by atoms with Crippen molar-refractivity contribution in [3.8, 4) is 11.1 Å². The lowest BCUT2D eigenvalue weighted by molar-refractivity contribution is 0.232. The molecule has 0 saturated carbocycles. The summed E-state index contributed by atoms with van der Waals surface area (Å²) in [7, 11) is 0. The van der Waals surface area contributed by atoms with Gasteiger partial charge in [0.2, 0.25) is 0 Å². The van der Waals surface area contributed by atoms with Gasteiger partial charge in [-0.3, -0.25) is 0 Å². The minimum Gasteiger partial charge on any atom is -0.389 e. The Balaban J connectivity index is 2.24. The van der Waals surface area contributed by atoms with Gasteiger partial charge in [-0.15, -0.1) is 0 Å². The predicted molar refractivity (Wildman–Crippen MR) is 77.2 cm³/mol. The maximum Gasteiger partial charge on any atom is 0.0722 e. The van der Waals surface area contributed by atoms with Crippen LogP contribution in [0.25, 0.3) is 17.2 Å². The van der Waals surface area contributed by atoms with Crippen LogP contribution in [0.2, 0.25) is 0 Å². The van der Waals surface area contributed by atoms with Crippen molar-refractivity contribution >= 4 is 6.08 Å². The van der Waals surface area contributed by atoms with Crippen molar-refractivity contribution in [1.29, 1.82) is 0 Å². The van der Waals surface area contributed by atoms with E-state index >= 15 is 0 Å². The minimum absolute atomic E-state index is 0.390. The molecule has 0 bridgehead atoms. The standard InChI is InChI=1S/C17H18O/c1-13(14(2)18)12-15-8-10-17(11-9-15)16-6-4-3-5-7-16/h3-12,14,18H,1-2H3/b13-12+. The topological polar surface area (TPSA) is 20.2 Å². The Morgan fingerprint density at radius 1 is 0.944 bits per heavy atom. The summed E-state index contributed by atoms with van der Waals surface area (Å²) < 4.78 is 0. The van der Waals surface area contributed by atoms with Crippen LogP contribution in [0.4, 0.5) is 0 Å². The van der Waals surface area contributed by atoms with Crippen LogP contribution in [0.3, 0.4) is 0 Å². The maximum atomic E-state index is 9.45. The molecule has 0 aliphatic carbocycles. The summed E-state index contributed by atoms with van der Waals surface area (Å²) in [5.74, 6) is 0. The molecule has 0 saturated heterocycles. The van der Waals surface area contributed by atoms with Gasteiger partial charge in [0.25, 0.3) is 0 Å². The van der Waals surface area contributed by atoms with E-state index in [0.29, 0.717) is 0 Å². The lowest BCUT2D eigenvalue weighted by Crippen LogP contribution is -2.00. The second-order valence-electron chi connectivity index (χ2n) is 4.55. The number of hydrogen-bond donors (Lipinski definition) is 1. The highest BCUT2D eigenvalue weighted by atomic mass is 16.3. The molecular weight excluding hydrogens is 220 g/mol. The molecule has 1 unspecified atom stereocenters. The normalized spacial score (nSPS) is 13.4. The molecule has 2 aromatic rings. The third kappa shape index (κ3) is 3.08. The van der Waals surface area contributed by atoms with Crippen molar-refractivity contribution in [3.05, 3.63) is 65.7 Å². The summed E-state index contributed by atoms with van der Waals surface area (Å²) in [4.78, 5) is 0. The second-order valence-corrected chi connectivity index (χ2v) is 4.55. The van der Waals surface area contributed by atoms with Gasteiger partial charge in [-0.05, 0) is 36.1 Å². The average Bonchev–Trinajstić information content (AvgIpc) is 2.40. The summed E-state index contributed by atoms with van der Waals surface area (Å²) in [6.07, 6.45) is 1.62. The lowest BCUT2D eigenvalue weighted by Gasteiger charge is -2.05. The van der Waals surface area contributed by atoms with Gasteiger partial charge in [0.15, 0.2) is 0 Å². The Labute approximate surface area is 108 Å². The van der Waals surface area contributed by atoms with Gasteiger partial charge in [0.05, 0.1) is 6.10 Å². The third-order valence-electron chi connectivity index (χ3n) is 3.07. The Bertz CT molecular complexity index is 521. The fourth-order valence-electron chi connectivity index (χ4n) is 1.79. The number of hydrogen-bond acceptors (Lipinski definition) is 1. The highest BCUT2D eigenvalue weighted by Gasteiger charge is 1.99. The summed E-state index contributed by atoms with van der Waals surface area (Å²) in [6, 6.07) is 18.7. The third-order valence-corrected chi connectivity index (χ3v) is 3.07. The first-order valence-electron chi connectivity index (χ1n) is 6.18. The molecule has 1 heteroatoms. The van der Waals surface area contributed by atoms with Crippen LogP contribution in [-0.4, -0.2) is 11.2 Å². The van der Waals surface area contributed by atoms with Crippen molar-refractivity contribution in [3.63, 3.8) is 0 Å². The molecule has 0 heterocycles. The van der Waals surface area contributed by atoms with Crippen LogP contribution in [0.15, 0.2) is 60.2 Å². The average molecular weight is 238 g/mol. The van der Waals surface area contributed by atoms with Crippen LogP contribution < -0.4 is 0 Å². The highest BCUT2D eigenvalue weighted by Crippen LogP contribution is 2.20. The van der Waals surface area contributed by atoms with E-state index in [1.165, 1.54) is 11.1 Å². The summed E-state index contributed by atoms with van der Waals surface area (Å²) >= 11 is 0. The van der Waals surface area contributed by atoms with Crippen molar-refractivity contribution in [2.45, 2.75) is 20.0 Å². The summed E-state index contributed by atoms with van der Waals surface area (Å²) in [5, 5.41) is 9.45. The molecule has 2 aromatic carbocycles. The van der Waals surface area contributed by atoms with Gasteiger partial charge in [0, 0.05) is 0 Å². The van der Waals surface area contributed by atoms with Crippen LogP contribution in [0, 0.1) is 0 Å². The first-order chi connectivity index (χ1) is 8.66. The van der Waals surface area contributed by atoms with E-state index in [1.807, 2.05) is 31.2 Å². The fourth-order valence-corrected chi connectivity index (χ4v) is 1.79. The zero-order valence-corrected chi connectivity index (χ0v) is 10.8. The molecule has 0 spiro atoms. The predicted octanol–water partition coefficient (Wildman–Crippen LogP) is 4.14. The molecule has 0 aliphatic heterocycles. The molecule has 0 fully saturated rings. The van der Waals surface area contributed by atoms with E-state index in [0.717, 1.165) is 11.1 Å². The van der Waals surface area contributed by atoms with E-state index in [2.05, 4.69) is 36.4 Å². The maximum absolute atomic E-state index is 9.45. The number of benzene rings is 2. The Morgan fingerprint density at radius 2 is 1.50 bits per heavy atom. The monoisotopic (exact) mass is 238 g/mol. The minimum atomic E-state index is -0.390. The SMILES string of the molecule is C/C(=C\c1ccc(-c2ccccc2)cc1)C(C)O. The number of aliphatic hydroxyl groups excluding tert-OH is 1. The van der Waals surface area contributed by atoms with Gasteiger partial charge >= 0.3 is 0 Å². The molecular formula is C17H18O. The molecule has 18 heavy (non-hydrogen) atoms. The zero-order valence-electron chi connectivity index (χ0n) is 10.8. The van der Waals surface area contributed by atoms with Crippen LogP contribution in [0.1, 0.15) is 19.4 Å². The smallest absolute Gasteiger partial charge is 0.0722 e. The molecule has 2 rings (SSSR count). The van der Waals surface area contributed by atoms with Crippen LogP contribution >= 0.6 is 0 Å². The molecule has 92 valence electrons. The van der Waals surface area contributed by atoms with Crippen molar-refractivity contribution < 1.29 is 5.11 Å². The Morgan fingerprint density at radius 3 is 2.06 bits per heavy atom. The fraction of sp³-hybridized carbons (Fsp3) is 0.176. The van der Waals surface area contributed by atoms with Gasteiger partial charge in [-0.25, -0.2) is 0 Å². The Kier molecular flexibility index (Phi) is 3.96. The molecule has 1 nitrogen and oxygen atoms in total. The van der Waals surface area contributed by atoms with Gasteiger partial charge in [-0.1, -0.05) is 60.7 Å². The largest absolute Gasteiger partial charge is 0.389 e. The first kappa shape index (κ1) is 12.6. The van der Waals surface area contributed by atoms with Gasteiger partial charge < -0.3 is 5.11 Å².